The summed E-state index contributed by atoms with van der Waals surface area (Å²) in [6, 6.07) is 21.0. The standard InChI is InChI=1S/C32H33N3O8S/c36-30(37)25-18-35(19-25)44(40,41)27-11-5-9-24(17-27)31(38)42-26-10-4-8-23(16-26)29(22-6-2-1-3-7-22)33-32(39)43-28-20-34-14-12-21(28)13-15-34/h1-11,16-17,21,25,28-29H,12-15,18-20H2,(H,33,39)(H,36,37)/t28-,29-/m0/s1. The van der Waals surface area contributed by atoms with Crippen LogP contribution in [0, 0.1) is 11.8 Å². The number of nitrogens with one attached hydrogen (secondary N) is 1. The largest absolute Gasteiger partial charge is 0.481 e. The molecule has 0 saturated carbocycles. The van der Waals surface area contributed by atoms with Crippen molar-refractivity contribution >= 4 is 28.1 Å². The molecule has 4 fully saturated rings. The first-order chi connectivity index (χ1) is 21.2. The SMILES string of the molecule is O=C(N[C@@H](c1ccccc1)c1cccc(OC(=O)c2cccc(S(=O)(=O)N3CC(C(=O)O)C3)c2)c1)O[C@H]1CN2CCC1CC2. The molecule has 4 saturated heterocycles. The van der Waals surface area contributed by atoms with E-state index in [1.807, 2.05) is 36.4 Å². The zero-order valence-corrected chi connectivity index (χ0v) is 24.7. The molecule has 2 bridgehead atoms. The maximum absolute atomic E-state index is 13.1. The third-order valence-corrected chi connectivity index (χ3v) is 10.4. The van der Waals surface area contributed by atoms with Gasteiger partial charge >= 0.3 is 18.0 Å². The van der Waals surface area contributed by atoms with E-state index in [1.165, 1.54) is 24.3 Å². The van der Waals surface area contributed by atoms with Gasteiger partial charge in [-0.15, -0.1) is 0 Å². The average Bonchev–Trinajstić information content (AvgIpc) is 3.00. The van der Waals surface area contributed by atoms with Crippen LogP contribution in [0.4, 0.5) is 4.79 Å². The molecule has 0 unspecified atom stereocenters. The monoisotopic (exact) mass is 619 g/mol. The van der Waals surface area contributed by atoms with Gasteiger partial charge in [0, 0.05) is 19.6 Å². The Hall–Kier alpha value is -4.26. The fourth-order valence-electron chi connectivity index (χ4n) is 5.99. The molecule has 0 aromatic heterocycles. The number of carbonyl (C=O) groups excluding carboxylic acids is 2. The first-order valence-electron chi connectivity index (χ1n) is 14.6. The van der Waals surface area contributed by atoms with E-state index in [-0.39, 0.29) is 35.4 Å². The predicted molar refractivity (Wildman–Crippen MR) is 159 cm³/mol. The number of hydrogen-bond acceptors (Lipinski definition) is 8. The van der Waals surface area contributed by atoms with Crippen LogP contribution in [0.15, 0.2) is 83.8 Å². The molecule has 2 atom stereocenters. The van der Waals surface area contributed by atoms with E-state index in [1.54, 1.807) is 18.2 Å². The molecule has 4 aliphatic heterocycles. The minimum Gasteiger partial charge on any atom is -0.481 e. The number of alkyl carbamates (subject to hydrolysis) is 1. The number of carboxylic acids is 1. The van der Waals surface area contributed by atoms with Crippen molar-refractivity contribution in [2.24, 2.45) is 11.8 Å². The number of ether oxygens (including phenoxy) is 2. The van der Waals surface area contributed by atoms with Gasteiger partial charge in [0.1, 0.15) is 11.9 Å². The molecule has 3 aromatic rings. The summed E-state index contributed by atoms with van der Waals surface area (Å²) in [4.78, 5) is 39.5. The number of amides is 1. The lowest BCUT2D eigenvalue weighted by molar-refractivity contribution is -0.145. The summed E-state index contributed by atoms with van der Waals surface area (Å²) < 4.78 is 38.5. The zero-order chi connectivity index (χ0) is 30.8. The van der Waals surface area contributed by atoms with Gasteiger partial charge in [0.2, 0.25) is 10.0 Å². The number of piperidine rings is 3. The van der Waals surface area contributed by atoms with Crippen LogP contribution in [0.3, 0.4) is 0 Å². The summed E-state index contributed by atoms with van der Waals surface area (Å²) in [5.74, 6) is -1.99. The second-order valence-corrected chi connectivity index (χ2v) is 13.4. The Bertz CT molecular complexity index is 1650. The third-order valence-electron chi connectivity index (χ3n) is 8.56. The van der Waals surface area contributed by atoms with Crippen LogP contribution in [-0.4, -0.2) is 79.6 Å². The first-order valence-corrected chi connectivity index (χ1v) is 16.0. The number of aliphatic carboxylic acids is 1. The van der Waals surface area contributed by atoms with Crippen molar-refractivity contribution in [3.05, 3.63) is 95.6 Å². The highest BCUT2D eigenvalue weighted by Gasteiger charge is 2.41. The van der Waals surface area contributed by atoms with E-state index in [0.29, 0.717) is 11.5 Å². The molecule has 2 N–H and O–H groups in total. The number of nitrogens with zero attached hydrogens (tertiary/aromatic N) is 2. The molecule has 0 spiro atoms. The number of benzene rings is 3. The summed E-state index contributed by atoms with van der Waals surface area (Å²) in [6.07, 6.45) is 1.37. The minimum absolute atomic E-state index is 0.0191. The van der Waals surface area contributed by atoms with Crippen LogP contribution in [0.25, 0.3) is 0 Å². The van der Waals surface area contributed by atoms with E-state index in [9.17, 15) is 22.8 Å². The number of hydrogen-bond donors (Lipinski definition) is 2. The van der Waals surface area contributed by atoms with E-state index in [4.69, 9.17) is 14.6 Å². The molecule has 1 amide bonds. The summed E-state index contributed by atoms with van der Waals surface area (Å²) in [7, 11) is -3.96. The number of fused-ring (bicyclic) bond motifs is 3. The maximum atomic E-state index is 13.1. The van der Waals surface area contributed by atoms with Crippen molar-refractivity contribution in [1.82, 2.24) is 14.5 Å². The maximum Gasteiger partial charge on any atom is 0.408 e. The van der Waals surface area contributed by atoms with Crippen LogP contribution < -0.4 is 10.1 Å². The van der Waals surface area contributed by atoms with Gasteiger partial charge in [-0.1, -0.05) is 48.5 Å². The fourth-order valence-corrected chi connectivity index (χ4v) is 7.56. The van der Waals surface area contributed by atoms with Gasteiger partial charge < -0.3 is 19.9 Å². The van der Waals surface area contributed by atoms with Gasteiger partial charge in [0.25, 0.3) is 0 Å². The van der Waals surface area contributed by atoms with Gasteiger partial charge in [0.15, 0.2) is 0 Å². The molecule has 4 heterocycles. The Morgan fingerprint density at radius 2 is 1.57 bits per heavy atom. The van der Waals surface area contributed by atoms with Crippen LogP contribution in [-0.2, 0) is 19.6 Å². The summed E-state index contributed by atoms with van der Waals surface area (Å²) in [5.41, 5.74) is 1.50. The molecule has 230 valence electrons. The molecule has 4 aliphatic rings. The van der Waals surface area contributed by atoms with Crippen LogP contribution in [0.2, 0.25) is 0 Å². The highest BCUT2D eigenvalue weighted by atomic mass is 32.2. The van der Waals surface area contributed by atoms with Gasteiger partial charge in [0.05, 0.1) is 22.4 Å². The zero-order valence-electron chi connectivity index (χ0n) is 23.9. The van der Waals surface area contributed by atoms with Crippen LogP contribution >= 0.6 is 0 Å². The lowest BCUT2D eigenvalue weighted by Crippen LogP contribution is -2.52. The number of carboxylic acid groups (broad SMARTS) is 1. The average molecular weight is 620 g/mol. The molecular formula is C32H33N3O8S. The Kier molecular flexibility index (Phi) is 8.39. The Labute approximate surface area is 255 Å². The Morgan fingerprint density at radius 1 is 0.864 bits per heavy atom. The van der Waals surface area contributed by atoms with Crippen molar-refractivity contribution in [2.75, 3.05) is 32.7 Å². The third kappa shape index (κ3) is 6.33. The molecule has 7 rings (SSSR count). The van der Waals surface area contributed by atoms with Gasteiger partial charge in [-0.05, 0) is 73.3 Å². The van der Waals surface area contributed by atoms with Crippen molar-refractivity contribution in [3.8, 4) is 5.75 Å². The van der Waals surface area contributed by atoms with Gasteiger partial charge in [-0.25, -0.2) is 18.0 Å². The molecule has 3 aromatic carbocycles. The predicted octanol–water partition coefficient (Wildman–Crippen LogP) is 3.52. The van der Waals surface area contributed by atoms with Crippen molar-refractivity contribution < 1.29 is 37.4 Å². The molecule has 44 heavy (non-hydrogen) atoms. The van der Waals surface area contributed by atoms with E-state index < -0.39 is 40.0 Å². The quantitative estimate of drug-likeness (QED) is 0.272. The molecule has 0 aliphatic carbocycles. The number of rotatable bonds is 9. The molecule has 11 nitrogen and oxygen atoms in total. The van der Waals surface area contributed by atoms with E-state index >= 15 is 0 Å². The fraction of sp³-hybridized carbons (Fsp3) is 0.344. The molecule has 0 radical (unpaired) electrons. The number of esters is 1. The van der Waals surface area contributed by atoms with Crippen LogP contribution in [0.5, 0.6) is 5.75 Å². The topological polar surface area (TPSA) is 143 Å². The Balaban J connectivity index is 1.17. The van der Waals surface area contributed by atoms with Crippen LogP contribution in [0.1, 0.15) is 40.4 Å². The van der Waals surface area contributed by atoms with Crippen molar-refractivity contribution in [2.45, 2.75) is 29.9 Å². The summed E-state index contributed by atoms with van der Waals surface area (Å²) in [6.45, 7) is 2.57. The normalized spacial score (nSPS) is 22.4. The van der Waals surface area contributed by atoms with Crippen molar-refractivity contribution in [3.63, 3.8) is 0 Å². The number of carbonyl (C=O) groups is 3. The highest BCUT2D eigenvalue weighted by molar-refractivity contribution is 7.89. The number of sulfonamides is 1. The second-order valence-electron chi connectivity index (χ2n) is 11.4. The minimum atomic E-state index is -3.96. The van der Waals surface area contributed by atoms with Gasteiger partial charge in [-0.2, -0.15) is 4.31 Å². The highest BCUT2D eigenvalue weighted by Crippen LogP contribution is 2.31. The second kappa shape index (κ2) is 12.4. The first kappa shape index (κ1) is 29.8. The Morgan fingerprint density at radius 3 is 2.25 bits per heavy atom. The summed E-state index contributed by atoms with van der Waals surface area (Å²) >= 11 is 0. The molecular weight excluding hydrogens is 586 g/mol. The molecule has 12 heteroatoms. The van der Waals surface area contributed by atoms with E-state index in [0.717, 1.165) is 42.3 Å². The lowest BCUT2D eigenvalue weighted by atomic mass is 9.86. The van der Waals surface area contributed by atoms with Crippen molar-refractivity contribution in [1.29, 1.82) is 0 Å². The summed E-state index contributed by atoms with van der Waals surface area (Å²) in [5, 5.41) is 12.1. The van der Waals surface area contributed by atoms with Gasteiger partial charge in [-0.3, -0.25) is 9.69 Å². The lowest BCUT2D eigenvalue weighted by Gasteiger charge is -2.43. The van der Waals surface area contributed by atoms with E-state index in [2.05, 4.69) is 10.2 Å². The smallest absolute Gasteiger partial charge is 0.408 e.